The summed E-state index contributed by atoms with van der Waals surface area (Å²) in [5.41, 5.74) is 7.57. The summed E-state index contributed by atoms with van der Waals surface area (Å²) in [5.74, 6) is 0.145. The van der Waals surface area contributed by atoms with E-state index in [0.29, 0.717) is 18.0 Å². The standard InChI is InChI=1S/C14H21ClFN/c1-9(2)12(8-17)14(16)7-11-5-4-10(3)6-13(11)15/h4-6,9,12,14H,7-8,17H2,1-3H3. The van der Waals surface area contributed by atoms with E-state index < -0.39 is 6.17 Å². The highest BCUT2D eigenvalue weighted by Crippen LogP contribution is 2.25. The number of hydrogen-bond acceptors (Lipinski definition) is 1. The predicted molar refractivity (Wildman–Crippen MR) is 72.2 cm³/mol. The van der Waals surface area contributed by atoms with Crippen LogP contribution in [0.2, 0.25) is 5.02 Å². The molecule has 2 N–H and O–H groups in total. The Bertz CT molecular complexity index is 365. The maximum Gasteiger partial charge on any atom is 0.108 e. The minimum atomic E-state index is -0.930. The number of rotatable bonds is 5. The summed E-state index contributed by atoms with van der Waals surface area (Å²) in [6.07, 6.45) is -0.584. The fourth-order valence-electron chi connectivity index (χ4n) is 2.02. The van der Waals surface area contributed by atoms with Gasteiger partial charge in [0.05, 0.1) is 0 Å². The highest BCUT2D eigenvalue weighted by atomic mass is 35.5. The van der Waals surface area contributed by atoms with Crippen molar-refractivity contribution in [2.24, 2.45) is 17.6 Å². The number of aryl methyl sites for hydroxylation is 1. The Morgan fingerprint density at radius 2 is 2.00 bits per heavy atom. The van der Waals surface area contributed by atoms with Gasteiger partial charge >= 0.3 is 0 Å². The molecule has 3 heteroatoms. The number of benzene rings is 1. The van der Waals surface area contributed by atoms with Gasteiger partial charge in [-0.15, -0.1) is 0 Å². The third kappa shape index (κ3) is 3.97. The van der Waals surface area contributed by atoms with Crippen LogP contribution in [0.25, 0.3) is 0 Å². The van der Waals surface area contributed by atoms with Gasteiger partial charge in [-0.2, -0.15) is 0 Å². The fraction of sp³-hybridized carbons (Fsp3) is 0.571. The summed E-state index contributed by atoms with van der Waals surface area (Å²) in [5, 5.41) is 0.646. The van der Waals surface area contributed by atoms with Crippen LogP contribution in [0.3, 0.4) is 0 Å². The number of hydrogen-bond donors (Lipinski definition) is 1. The first-order valence-corrected chi connectivity index (χ1v) is 6.42. The molecular weight excluding hydrogens is 237 g/mol. The van der Waals surface area contributed by atoms with Gasteiger partial charge in [0.1, 0.15) is 6.17 Å². The summed E-state index contributed by atoms with van der Waals surface area (Å²) in [7, 11) is 0. The van der Waals surface area contributed by atoms with Crippen LogP contribution in [-0.2, 0) is 6.42 Å². The molecule has 0 aliphatic carbocycles. The van der Waals surface area contributed by atoms with E-state index in [1.54, 1.807) is 0 Å². The lowest BCUT2D eigenvalue weighted by Gasteiger charge is -2.23. The van der Waals surface area contributed by atoms with Crippen LogP contribution in [0.1, 0.15) is 25.0 Å². The van der Waals surface area contributed by atoms with Crippen LogP contribution in [-0.4, -0.2) is 12.7 Å². The highest BCUT2D eigenvalue weighted by molar-refractivity contribution is 6.31. The second-order valence-electron chi connectivity index (χ2n) is 4.96. The summed E-state index contributed by atoms with van der Waals surface area (Å²) in [4.78, 5) is 0. The Morgan fingerprint density at radius 3 is 2.47 bits per heavy atom. The van der Waals surface area contributed by atoms with Gasteiger partial charge in [0.2, 0.25) is 0 Å². The molecule has 1 aromatic rings. The van der Waals surface area contributed by atoms with Gasteiger partial charge in [-0.1, -0.05) is 37.6 Å². The molecule has 0 bridgehead atoms. The monoisotopic (exact) mass is 257 g/mol. The molecule has 2 unspecified atom stereocenters. The van der Waals surface area contributed by atoms with E-state index in [2.05, 4.69) is 0 Å². The molecule has 0 saturated carbocycles. The maximum atomic E-state index is 14.1. The highest BCUT2D eigenvalue weighted by Gasteiger charge is 2.23. The summed E-state index contributed by atoms with van der Waals surface area (Å²) < 4.78 is 14.1. The Balaban J connectivity index is 2.76. The lowest BCUT2D eigenvalue weighted by atomic mass is 9.88. The maximum absolute atomic E-state index is 14.1. The predicted octanol–water partition coefficient (Wildman–Crippen LogP) is 3.76. The van der Waals surface area contributed by atoms with Crippen LogP contribution in [0.5, 0.6) is 0 Å². The quantitative estimate of drug-likeness (QED) is 0.854. The minimum Gasteiger partial charge on any atom is -0.330 e. The average molecular weight is 258 g/mol. The molecule has 0 amide bonds. The van der Waals surface area contributed by atoms with E-state index in [1.165, 1.54) is 0 Å². The van der Waals surface area contributed by atoms with E-state index in [1.807, 2.05) is 39.0 Å². The fourth-order valence-corrected chi connectivity index (χ4v) is 2.33. The van der Waals surface area contributed by atoms with E-state index >= 15 is 0 Å². The van der Waals surface area contributed by atoms with Crippen molar-refractivity contribution >= 4 is 11.6 Å². The van der Waals surface area contributed by atoms with Gasteiger partial charge in [-0.25, -0.2) is 4.39 Å². The first-order valence-electron chi connectivity index (χ1n) is 6.04. The summed E-state index contributed by atoms with van der Waals surface area (Å²) in [6, 6.07) is 5.73. The van der Waals surface area contributed by atoms with Crippen molar-refractivity contribution < 1.29 is 4.39 Å². The lowest BCUT2D eigenvalue weighted by Crippen LogP contribution is -2.30. The zero-order valence-corrected chi connectivity index (χ0v) is 11.5. The molecule has 1 nitrogen and oxygen atoms in total. The van der Waals surface area contributed by atoms with Crippen LogP contribution in [0.15, 0.2) is 18.2 Å². The van der Waals surface area contributed by atoms with E-state index in [4.69, 9.17) is 17.3 Å². The second-order valence-corrected chi connectivity index (χ2v) is 5.37. The number of alkyl halides is 1. The third-order valence-corrected chi connectivity index (χ3v) is 3.57. The average Bonchev–Trinajstić information content (AvgIpc) is 2.22. The van der Waals surface area contributed by atoms with E-state index in [0.717, 1.165) is 11.1 Å². The third-order valence-electron chi connectivity index (χ3n) is 3.22. The Morgan fingerprint density at radius 1 is 1.35 bits per heavy atom. The second kappa shape index (κ2) is 6.36. The van der Waals surface area contributed by atoms with Crippen molar-refractivity contribution in [2.45, 2.75) is 33.4 Å². The molecule has 0 aromatic heterocycles. The molecule has 0 fully saturated rings. The first kappa shape index (κ1) is 14.5. The molecule has 0 aliphatic heterocycles. The van der Waals surface area contributed by atoms with Crippen LogP contribution >= 0.6 is 11.6 Å². The Hall–Kier alpha value is -0.600. The zero-order chi connectivity index (χ0) is 13.0. The molecule has 0 heterocycles. The topological polar surface area (TPSA) is 26.0 Å². The normalized spacial score (nSPS) is 15.0. The van der Waals surface area contributed by atoms with Gasteiger partial charge in [0, 0.05) is 17.4 Å². The summed E-state index contributed by atoms with van der Waals surface area (Å²) >= 11 is 6.10. The van der Waals surface area contributed by atoms with Crippen molar-refractivity contribution in [2.75, 3.05) is 6.54 Å². The van der Waals surface area contributed by atoms with Crippen LogP contribution in [0, 0.1) is 18.8 Å². The largest absolute Gasteiger partial charge is 0.330 e. The molecular formula is C14H21ClFN. The molecule has 17 heavy (non-hydrogen) atoms. The molecule has 1 rings (SSSR count). The van der Waals surface area contributed by atoms with Gasteiger partial charge in [-0.05, 0) is 36.6 Å². The Labute approximate surface area is 108 Å². The van der Waals surface area contributed by atoms with Crippen molar-refractivity contribution in [1.82, 2.24) is 0 Å². The SMILES string of the molecule is Cc1ccc(CC(F)C(CN)C(C)C)c(Cl)c1. The first-order chi connectivity index (χ1) is 7.95. The van der Waals surface area contributed by atoms with Crippen LogP contribution < -0.4 is 5.73 Å². The van der Waals surface area contributed by atoms with Crippen LogP contribution in [0.4, 0.5) is 4.39 Å². The molecule has 0 spiro atoms. The molecule has 96 valence electrons. The number of nitrogens with two attached hydrogens (primary N) is 1. The minimum absolute atomic E-state index is 0.104. The van der Waals surface area contributed by atoms with Gasteiger partial charge < -0.3 is 5.73 Å². The summed E-state index contributed by atoms with van der Waals surface area (Å²) in [6.45, 7) is 6.35. The Kier molecular flexibility index (Phi) is 5.41. The van der Waals surface area contributed by atoms with Gasteiger partial charge in [0.25, 0.3) is 0 Å². The van der Waals surface area contributed by atoms with Gasteiger partial charge in [0.15, 0.2) is 0 Å². The van der Waals surface area contributed by atoms with Crippen molar-refractivity contribution in [3.8, 4) is 0 Å². The van der Waals surface area contributed by atoms with Crippen molar-refractivity contribution in [3.63, 3.8) is 0 Å². The molecule has 0 aliphatic rings. The number of halogens is 2. The van der Waals surface area contributed by atoms with Crippen molar-refractivity contribution in [1.29, 1.82) is 0 Å². The van der Waals surface area contributed by atoms with E-state index in [-0.39, 0.29) is 11.8 Å². The van der Waals surface area contributed by atoms with E-state index in [9.17, 15) is 4.39 Å². The van der Waals surface area contributed by atoms with Crippen molar-refractivity contribution in [3.05, 3.63) is 34.3 Å². The molecule has 2 atom stereocenters. The van der Waals surface area contributed by atoms with Gasteiger partial charge in [-0.3, -0.25) is 0 Å². The lowest BCUT2D eigenvalue weighted by molar-refractivity contribution is 0.185. The molecule has 1 aromatic carbocycles. The zero-order valence-electron chi connectivity index (χ0n) is 10.7. The molecule has 0 saturated heterocycles. The smallest absolute Gasteiger partial charge is 0.108 e. The molecule has 0 radical (unpaired) electrons.